The summed E-state index contributed by atoms with van der Waals surface area (Å²) >= 11 is 7.65. The number of aromatic nitrogens is 6. The van der Waals surface area contributed by atoms with Crippen LogP contribution in [0.3, 0.4) is 0 Å². The molecule has 0 fully saturated rings. The van der Waals surface area contributed by atoms with Crippen molar-refractivity contribution >= 4 is 40.1 Å². The number of rotatable bonds is 5. The number of hydrogen-bond donors (Lipinski definition) is 1. The predicted molar refractivity (Wildman–Crippen MR) is 119 cm³/mol. The van der Waals surface area contributed by atoms with Gasteiger partial charge in [0.1, 0.15) is 16.5 Å². The minimum absolute atomic E-state index is 0.603. The standard InChI is InChI=1S/C21H15ClN6OS/c1-29-15-9-6-14(7-10-15)17-12-18(24-23-17)20-25-26-21-28(20)27-19(30-21)11-8-13-4-2-3-5-16(13)22/h2-12H,1H3,(H,23,24)/b11-8+. The molecule has 0 aliphatic heterocycles. The van der Waals surface area contributed by atoms with Crippen LogP contribution in [0.2, 0.25) is 5.02 Å². The van der Waals surface area contributed by atoms with Crippen molar-refractivity contribution in [3.8, 4) is 28.5 Å². The van der Waals surface area contributed by atoms with Crippen molar-refractivity contribution in [2.75, 3.05) is 7.11 Å². The van der Waals surface area contributed by atoms with E-state index in [-0.39, 0.29) is 0 Å². The van der Waals surface area contributed by atoms with E-state index in [9.17, 15) is 0 Å². The van der Waals surface area contributed by atoms with Crippen LogP contribution in [0.1, 0.15) is 10.6 Å². The van der Waals surface area contributed by atoms with Gasteiger partial charge < -0.3 is 4.74 Å². The third-order valence-electron chi connectivity index (χ3n) is 4.52. The van der Waals surface area contributed by atoms with Crippen LogP contribution < -0.4 is 4.74 Å². The molecule has 0 radical (unpaired) electrons. The smallest absolute Gasteiger partial charge is 0.235 e. The van der Waals surface area contributed by atoms with Gasteiger partial charge in [0.15, 0.2) is 0 Å². The highest BCUT2D eigenvalue weighted by molar-refractivity contribution is 7.17. The molecule has 148 valence electrons. The predicted octanol–water partition coefficient (Wildman–Crippen LogP) is 5.08. The Morgan fingerprint density at radius 2 is 1.90 bits per heavy atom. The van der Waals surface area contributed by atoms with Gasteiger partial charge in [0.2, 0.25) is 10.8 Å². The Kier molecular flexibility index (Phi) is 4.78. The number of methoxy groups -OCH3 is 1. The number of nitrogens with one attached hydrogen (secondary N) is 1. The van der Waals surface area contributed by atoms with Crippen molar-refractivity contribution in [2.24, 2.45) is 0 Å². The molecule has 0 bridgehead atoms. The summed E-state index contributed by atoms with van der Waals surface area (Å²) in [5.41, 5.74) is 3.45. The second kappa shape index (κ2) is 7.74. The highest BCUT2D eigenvalue weighted by Crippen LogP contribution is 2.26. The van der Waals surface area contributed by atoms with Crippen molar-refractivity contribution in [1.29, 1.82) is 0 Å². The minimum atomic E-state index is 0.603. The van der Waals surface area contributed by atoms with Crippen LogP contribution in [0.15, 0.2) is 54.6 Å². The first-order valence-electron chi connectivity index (χ1n) is 9.06. The molecule has 0 saturated carbocycles. The van der Waals surface area contributed by atoms with E-state index in [0.29, 0.717) is 15.8 Å². The number of nitrogens with zero attached hydrogens (tertiary/aromatic N) is 5. The maximum Gasteiger partial charge on any atom is 0.235 e. The number of hydrogen-bond acceptors (Lipinski definition) is 6. The molecule has 0 saturated heterocycles. The Morgan fingerprint density at radius 1 is 1.07 bits per heavy atom. The van der Waals surface area contributed by atoms with Gasteiger partial charge in [0.25, 0.3) is 0 Å². The van der Waals surface area contributed by atoms with E-state index in [1.54, 1.807) is 11.6 Å². The summed E-state index contributed by atoms with van der Waals surface area (Å²) in [6.45, 7) is 0. The van der Waals surface area contributed by atoms with Gasteiger partial charge >= 0.3 is 0 Å². The van der Waals surface area contributed by atoms with Crippen LogP contribution in [-0.4, -0.2) is 37.1 Å². The molecular formula is C21H15ClN6OS. The first-order chi connectivity index (χ1) is 14.7. The molecule has 5 aromatic rings. The molecule has 1 N–H and O–H groups in total. The van der Waals surface area contributed by atoms with Gasteiger partial charge in [-0.1, -0.05) is 47.2 Å². The van der Waals surface area contributed by atoms with Crippen molar-refractivity contribution in [1.82, 2.24) is 30.0 Å². The van der Waals surface area contributed by atoms with E-state index < -0.39 is 0 Å². The topological polar surface area (TPSA) is 81.0 Å². The number of aromatic amines is 1. The summed E-state index contributed by atoms with van der Waals surface area (Å²) in [5.74, 6) is 1.40. The van der Waals surface area contributed by atoms with Crippen molar-refractivity contribution in [2.45, 2.75) is 0 Å². The van der Waals surface area contributed by atoms with Gasteiger partial charge in [-0.15, -0.1) is 10.2 Å². The lowest BCUT2D eigenvalue weighted by atomic mass is 10.1. The largest absolute Gasteiger partial charge is 0.497 e. The van der Waals surface area contributed by atoms with Crippen LogP contribution in [0.4, 0.5) is 0 Å². The zero-order chi connectivity index (χ0) is 20.5. The molecule has 0 aliphatic carbocycles. The first-order valence-corrected chi connectivity index (χ1v) is 10.3. The maximum absolute atomic E-state index is 6.21. The van der Waals surface area contributed by atoms with Gasteiger partial charge in [-0.3, -0.25) is 5.10 Å². The summed E-state index contributed by atoms with van der Waals surface area (Å²) in [7, 11) is 1.64. The summed E-state index contributed by atoms with van der Waals surface area (Å²) in [6.07, 6.45) is 3.85. The lowest BCUT2D eigenvalue weighted by Crippen LogP contribution is -1.90. The molecule has 0 atom stereocenters. The zero-order valence-electron chi connectivity index (χ0n) is 15.8. The van der Waals surface area contributed by atoms with Crippen LogP contribution in [0, 0.1) is 0 Å². The third kappa shape index (κ3) is 3.47. The molecule has 3 aromatic heterocycles. The molecule has 7 nitrogen and oxygen atoms in total. The summed E-state index contributed by atoms with van der Waals surface area (Å²) in [4.78, 5) is 0.699. The van der Waals surface area contributed by atoms with E-state index in [4.69, 9.17) is 16.3 Å². The molecule has 9 heteroatoms. The van der Waals surface area contributed by atoms with Gasteiger partial charge in [-0.2, -0.15) is 14.7 Å². The van der Waals surface area contributed by atoms with Crippen LogP contribution >= 0.6 is 22.9 Å². The molecular weight excluding hydrogens is 420 g/mol. The van der Waals surface area contributed by atoms with E-state index in [1.165, 1.54) is 11.3 Å². The molecule has 30 heavy (non-hydrogen) atoms. The number of halogens is 1. The van der Waals surface area contributed by atoms with Crippen LogP contribution in [0.5, 0.6) is 5.75 Å². The monoisotopic (exact) mass is 434 g/mol. The fourth-order valence-corrected chi connectivity index (χ4v) is 3.92. The normalized spacial score (nSPS) is 11.5. The Hall–Kier alpha value is -3.49. The number of H-pyrrole nitrogens is 1. The van der Waals surface area contributed by atoms with Crippen molar-refractivity contribution in [3.05, 3.63) is 70.2 Å². The fourth-order valence-electron chi connectivity index (χ4n) is 2.98. The molecule has 2 aromatic carbocycles. The van der Waals surface area contributed by atoms with E-state index in [0.717, 1.165) is 33.3 Å². The average molecular weight is 435 g/mol. The Balaban J connectivity index is 1.44. The Labute approximate surface area is 180 Å². The lowest BCUT2D eigenvalue weighted by molar-refractivity contribution is 0.415. The van der Waals surface area contributed by atoms with Crippen LogP contribution in [0.25, 0.3) is 39.9 Å². The Morgan fingerprint density at radius 3 is 2.70 bits per heavy atom. The minimum Gasteiger partial charge on any atom is -0.497 e. The first kappa shape index (κ1) is 18.5. The lowest BCUT2D eigenvalue weighted by Gasteiger charge is -1.99. The van der Waals surface area contributed by atoms with Gasteiger partial charge in [-0.25, -0.2) is 0 Å². The number of fused-ring (bicyclic) bond motifs is 1. The fraction of sp³-hybridized carbons (Fsp3) is 0.0476. The number of benzene rings is 2. The SMILES string of the molecule is COc1ccc(-c2cc(-c3nnc4sc(/C=C/c5ccccc5Cl)nn34)[nH]n2)cc1. The summed E-state index contributed by atoms with van der Waals surface area (Å²) in [5, 5.41) is 22.0. The quantitative estimate of drug-likeness (QED) is 0.417. The summed E-state index contributed by atoms with van der Waals surface area (Å²) < 4.78 is 6.92. The third-order valence-corrected chi connectivity index (χ3v) is 5.73. The van der Waals surface area contributed by atoms with Gasteiger partial charge in [0, 0.05) is 10.6 Å². The van der Waals surface area contributed by atoms with Gasteiger partial charge in [0.05, 0.1) is 12.8 Å². The highest BCUT2D eigenvalue weighted by atomic mass is 35.5. The second-order valence-corrected chi connectivity index (χ2v) is 7.80. The second-order valence-electron chi connectivity index (χ2n) is 6.41. The maximum atomic E-state index is 6.21. The molecule has 0 aliphatic rings. The molecule has 5 rings (SSSR count). The average Bonchev–Trinajstić information content (AvgIpc) is 3.49. The Bertz CT molecular complexity index is 1350. The van der Waals surface area contributed by atoms with Crippen molar-refractivity contribution in [3.63, 3.8) is 0 Å². The molecule has 0 unspecified atom stereocenters. The zero-order valence-corrected chi connectivity index (χ0v) is 17.4. The molecule has 0 spiro atoms. The van der Waals surface area contributed by atoms with Crippen molar-refractivity contribution < 1.29 is 4.74 Å². The molecule has 3 heterocycles. The summed E-state index contributed by atoms with van der Waals surface area (Å²) in [6, 6.07) is 17.3. The van der Waals surface area contributed by atoms with E-state index in [2.05, 4.69) is 25.5 Å². The highest BCUT2D eigenvalue weighted by Gasteiger charge is 2.15. The van der Waals surface area contributed by atoms with E-state index in [1.807, 2.05) is 66.7 Å². The number of ether oxygens (including phenoxy) is 1. The van der Waals surface area contributed by atoms with E-state index >= 15 is 0 Å². The molecule has 0 amide bonds. The van der Waals surface area contributed by atoms with Crippen LogP contribution in [-0.2, 0) is 0 Å². The van der Waals surface area contributed by atoms with Gasteiger partial charge in [-0.05, 0) is 48.0 Å².